The summed E-state index contributed by atoms with van der Waals surface area (Å²) in [6.45, 7) is 0. The van der Waals surface area contributed by atoms with Crippen molar-refractivity contribution in [1.82, 2.24) is 0 Å². The van der Waals surface area contributed by atoms with Gasteiger partial charge in [0.25, 0.3) is 0 Å². The van der Waals surface area contributed by atoms with E-state index in [1.165, 1.54) is 27.5 Å². The number of benzene rings is 9. The Morgan fingerprint density at radius 2 is 0.944 bits per heavy atom. The average molecular weight is 690 g/mol. The van der Waals surface area contributed by atoms with Crippen molar-refractivity contribution in [3.8, 4) is 44.5 Å². The first-order valence-electron chi connectivity index (χ1n) is 18.4. The number of hydrogen-bond acceptors (Lipinski definition) is 2. The lowest BCUT2D eigenvalue weighted by molar-refractivity contribution is 0.670. The van der Waals surface area contributed by atoms with Crippen molar-refractivity contribution in [3.63, 3.8) is 0 Å². The molecule has 10 aromatic rings. The average Bonchev–Trinajstić information content (AvgIpc) is 3.65. The molecular weight excluding hydrogens is 655 g/mol. The molecule has 2 heteroatoms. The first-order valence-corrected chi connectivity index (χ1v) is 18.4. The molecule has 9 aromatic carbocycles. The fourth-order valence-corrected chi connectivity index (χ4v) is 7.83. The third kappa shape index (κ3) is 5.62. The van der Waals surface area contributed by atoms with Crippen LogP contribution in [0.2, 0.25) is 0 Å². The van der Waals surface area contributed by atoms with Gasteiger partial charge >= 0.3 is 0 Å². The second-order valence-electron chi connectivity index (χ2n) is 13.7. The van der Waals surface area contributed by atoms with Crippen molar-refractivity contribution in [2.75, 3.05) is 4.90 Å². The molecule has 0 aliphatic heterocycles. The summed E-state index contributed by atoms with van der Waals surface area (Å²) in [6, 6.07) is 75.8. The third-order valence-corrected chi connectivity index (χ3v) is 10.5. The normalized spacial score (nSPS) is 11.3. The van der Waals surface area contributed by atoms with Crippen molar-refractivity contribution in [2.24, 2.45) is 0 Å². The van der Waals surface area contributed by atoms with Gasteiger partial charge in [-0.05, 0) is 92.7 Å². The summed E-state index contributed by atoms with van der Waals surface area (Å²) in [5.41, 5.74) is 14.2. The number of hydrogen-bond donors (Lipinski definition) is 0. The summed E-state index contributed by atoms with van der Waals surface area (Å²) in [5.74, 6) is 0. The van der Waals surface area contributed by atoms with E-state index in [2.05, 4.69) is 211 Å². The molecule has 0 saturated carbocycles. The van der Waals surface area contributed by atoms with Crippen LogP contribution in [0.1, 0.15) is 0 Å². The van der Waals surface area contributed by atoms with Crippen LogP contribution in [0.15, 0.2) is 217 Å². The fourth-order valence-electron chi connectivity index (χ4n) is 7.83. The Morgan fingerprint density at radius 1 is 0.333 bits per heavy atom. The van der Waals surface area contributed by atoms with E-state index in [-0.39, 0.29) is 0 Å². The molecule has 0 N–H and O–H groups in total. The van der Waals surface area contributed by atoms with E-state index in [1.807, 2.05) is 6.07 Å². The molecule has 0 unspecified atom stereocenters. The Bertz CT molecular complexity index is 2920. The summed E-state index contributed by atoms with van der Waals surface area (Å²) in [7, 11) is 0. The first kappa shape index (κ1) is 31.6. The molecule has 54 heavy (non-hydrogen) atoms. The van der Waals surface area contributed by atoms with Crippen molar-refractivity contribution in [2.45, 2.75) is 0 Å². The Balaban J connectivity index is 1.19. The predicted octanol–water partition coefficient (Wildman–Crippen LogP) is 14.9. The standard InChI is InChI=1S/C52H35NO/c1-3-14-36(15-4-1)41-20-13-21-42(34-41)38-28-30-44(31-29-38)53(48-24-11-9-22-45(48)43-27-26-37-16-7-8-19-40(37)35-43)49-33-32-46(39-17-5-2-6-18-39)52-51(49)47-23-10-12-25-50(47)54-52/h1-35H. The Hall–Kier alpha value is -7.16. The van der Waals surface area contributed by atoms with E-state index in [4.69, 9.17) is 4.42 Å². The minimum Gasteiger partial charge on any atom is -0.455 e. The summed E-state index contributed by atoms with van der Waals surface area (Å²) >= 11 is 0. The molecule has 0 amide bonds. The lowest BCUT2D eigenvalue weighted by atomic mass is 9.96. The van der Waals surface area contributed by atoms with Gasteiger partial charge in [-0.2, -0.15) is 0 Å². The van der Waals surface area contributed by atoms with Crippen LogP contribution in [0.4, 0.5) is 17.1 Å². The molecule has 0 fully saturated rings. The number of furan rings is 1. The Kier molecular flexibility index (Phi) is 7.85. The molecule has 10 rings (SSSR count). The summed E-state index contributed by atoms with van der Waals surface area (Å²) in [4.78, 5) is 2.41. The van der Waals surface area contributed by atoms with E-state index in [0.717, 1.165) is 66.8 Å². The van der Waals surface area contributed by atoms with Crippen LogP contribution >= 0.6 is 0 Å². The summed E-state index contributed by atoms with van der Waals surface area (Å²) in [5, 5.41) is 4.61. The van der Waals surface area contributed by atoms with Crippen LogP contribution in [0.5, 0.6) is 0 Å². The molecule has 1 heterocycles. The molecule has 0 radical (unpaired) electrons. The van der Waals surface area contributed by atoms with E-state index in [0.29, 0.717) is 0 Å². The van der Waals surface area contributed by atoms with E-state index >= 15 is 0 Å². The molecule has 0 bridgehead atoms. The topological polar surface area (TPSA) is 16.4 Å². The number of para-hydroxylation sites is 2. The van der Waals surface area contributed by atoms with Crippen LogP contribution in [-0.4, -0.2) is 0 Å². The lowest BCUT2D eigenvalue weighted by Gasteiger charge is -2.29. The molecule has 0 saturated heterocycles. The van der Waals surface area contributed by atoms with Gasteiger partial charge in [0.2, 0.25) is 0 Å². The maximum absolute atomic E-state index is 6.76. The van der Waals surface area contributed by atoms with Gasteiger partial charge in [-0.3, -0.25) is 0 Å². The molecule has 1 aromatic heterocycles. The zero-order valence-corrected chi connectivity index (χ0v) is 29.6. The molecular formula is C52H35NO. The zero-order chi connectivity index (χ0) is 35.8. The highest BCUT2D eigenvalue weighted by molar-refractivity contribution is 6.17. The van der Waals surface area contributed by atoms with Gasteiger partial charge in [0.05, 0.1) is 16.8 Å². The molecule has 0 spiro atoms. The van der Waals surface area contributed by atoms with Crippen LogP contribution < -0.4 is 4.90 Å². The molecule has 0 aliphatic rings. The van der Waals surface area contributed by atoms with Crippen molar-refractivity contribution >= 4 is 49.8 Å². The third-order valence-electron chi connectivity index (χ3n) is 10.5. The van der Waals surface area contributed by atoms with E-state index in [9.17, 15) is 0 Å². The van der Waals surface area contributed by atoms with Crippen LogP contribution in [-0.2, 0) is 0 Å². The largest absolute Gasteiger partial charge is 0.455 e. The smallest absolute Gasteiger partial charge is 0.145 e. The quantitative estimate of drug-likeness (QED) is 0.166. The lowest BCUT2D eigenvalue weighted by Crippen LogP contribution is -2.11. The van der Waals surface area contributed by atoms with Gasteiger partial charge in [0.1, 0.15) is 11.2 Å². The van der Waals surface area contributed by atoms with Crippen molar-refractivity contribution in [1.29, 1.82) is 0 Å². The highest BCUT2D eigenvalue weighted by Crippen LogP contribution is 2.48. The van der Waals surface area contributed by atoms with Gasteiger partial charge in [-0.25, -0.2) is 0 Å². The molecule has 254 valence electrons. The van der Waals surface area contributed by atoms with Crippen LogP contribution in [0, 0.1) is 0 Å². The number of rotatable bonds is 7. The monoisotopic (exact) mass is 689 g/mol. The molecule has 0 atom stereocenters. The molecule has 0 aliphatic carbocycles. The fraction of sp³-hybridized carbons (Fsp3) is 0. The maximum Gasteiger partial charge on any atom is 0.145 e. The van der Waals surface area contributed by atoms with Crippen molar-refractivity contribution < 1.29 is 4.42 Å². The van der Waals surface area contributed by atoms with Crippen LogP contribution in [0.25, 0.3) is 77.2 Å². The zero-order valence-electron chi connectivity index (χ0n) is 29.6. The van der Waals surface area contributed by atoms with Gasteiger partial charge in [-0.1, -0.05) is 164 Å². The number of nitrogens with zero attached hydrogens (tertiary/aromatic N) is 1. The summed E-state index contributed by atoms with van der Waals surface area (Å²) in [6.07, 6.45) is 0. The minimum absolute atomic E-state index is 0.869. The highest BCUT2D eigenvalue weighted by atomic mass is 16.3. The van der Waals surface area contributed by atoms with Gasteiger partial charge in [-0.15, -0.1) is 0 Å². The second-order valence-corrected chi connectivity index (χ2v) is 13.7. The van der Waals surface area contributed by atoms with Gasteiger partial charge < -0.3 is 9.32 Å². The highest BCUT2D eigenvalue weighted by Gasteiger charge is 2.24. The summed E-state index contributed by atoms with van der Waals surface area (Å²) < 4.78 is 6.76. The maximum atomic E-state index is 6.76. The second kappa shape index (κ2) is 13.4. The number of anilines is 3. The molecule has 2 nitrogen and oxygen atoms in total. The van der Waals surface area contributed by atoms with E-state index < -0.39 is 0 Å². The predicted molar refractivity (Wildman–Crippen MR) is 228 cm³/mol. The Morgan fingerprint density at radius 3 is 1.74 bits per heavy atom. The number of fused-ring (bicyclic) bond motifs is 4. The van der Waals surface area contributed by atoms with Crippen LogP contribution in [0.3, 0.4) is 0 Å². The SMILES string of the molecule is c1ccc(-c2cccc(-c3ccc(N(c4ccccc4-c4ccc5ccccc5c4)c4ccc(-c5ccccc5)c5oc6ccccc6c45)cc3)c2)cc1. The minimum atomic E-state index is 0.869. The van der Waals surface area contributed by atoms with Gasteiger partial charge in [0, 0.05) is 22.2 Å². The van der Waals surface area contributed by atoms with E-state index in [1.54, 1.807) is 0 Å². The van der Waals surface area contributed by atoms with Gasteiger partial charge in [0.15, 0.2) is 0 Å². The first-order chi connectivity index (χ1) is 26.8. The van der Waals surface area contributed by atoms with Crippen molar-refractivity contribution in [3.05, 3.63) is 212 Å². The Labute approximate surface area is 314 Å².